The Balaban J connectivity index is 2.68. The van der Waals surface area contributed by atoms with E-state index in [1.807, 2.05) is 6.26 Å². The van der Waals surface area contributed by atoms with E-state index >= 15 is 0 Å². The van der Waals surface area contributed by atoms with Gasteiger partial charge >= 0.3 is 0 Å². The molecule has 0 spiro atoms. The third kappa shape index (κ3) is 3.38. The second kappa shape index (κ2) is 6.67. The van der Waals surface area contributed by atoms with Crippen molar-refractivity contribution in [1.29, 1.82) is 0 Å². The third-order valence-corrected chi connectivity index (χ3v) is 3.04. The Morgan fingerprint density at radius 2 is 2.00 bits per heavy atom. The lowest BCUT2D eigenvalue weighted by Gasteiger charge is -2.25. The first-order chi connectivity index (χ1) is 7.33. The van der Waals surface area contributed by atoms with Crippen molar-refractivity contribution < 1.29 is 4.42 Å². The molecular weight excluding hydrogens is 186 g/mol. The fourth-order valence-corrected chi connectivity index (χ4v) is 2.07. The molecular formula is C13H23NO. The molecule has 2 heteroatoms. The monoisotopic (exact) mass is 209 g/mol. The molecule has 0 amide bonds. The van der Waals surface area contributed by atoms with Crippen molar-refractivity contribution in [2.45, 2.75) is 46.1 Å². The van der Waals surface area contributed by atoms with Crippen LogP contribution >= 0.6 is 0 Å². The van der Waals surface area contributed by atoms with Gasteiger partial charge in [-0.1, -0.05) is 33.6 Å². The molecule has 0 aliphatic rings. The van der Waals surface area contributed by atoms with Gasteiger partial charge in [-0.15, -0.1) is 0 Å². The van der Waals surface area contributed by atoms with Crippen LogP contribution in [0.3, 0.4) is 0 Å². The molecule has 0 fully saturated rings. The van der Waals surface area contributed by atoms with Crippen molar-refractivity contribution in [3.63, 3.8) is 0 Å². The molecule has 1 aromatic rings. The van der Waals surface area contributed by atoms with E-state index in [-0.39, 0.29) is 0 Å². The van der Waals surface area contributed by atoms with Crippen LogP contribution in [-0.4, -0.2) is 6.54 Å². The van der Waals surface area contributed by atoms with Crippen molar-refractivity contribution in [2.75, 3.05) is 6.54 Å². The van der Waals surface area contributed by atoms with Crippen molar-refractivity contribution >= 4 is 0 Å². The van der Waals surface area contributed by atoms with Gasteiger partial charge in [0.2, 0.25) is 0 Å². The second-order valence-electron chi connectivity index (χ2n) is 4.07. The molecule has 86 valence electrons. The van der Waals surface area contributed by atoms with Gasteiger partial charge in [0.1, 0.15) is 0 Å². The Bertz CT molecular complexity index is 239. The van der Waals surface area contributed by atoms with E-state index in [4.69, 9.17) is 4.42 Å². The molecule has 0 bridgehead atoms. The summed E-state index contributed by atoms with van der Waals surface area (Å²) in [6.45, 7) is 7.79. The van der Waals surface area contributed by atoms with E-state index < -0.39 is 0 Å². The highest BCUT2D eigenvalue weighted by atomic mass is 16.3. The molecule has 0 saturated heterocycles. The summed E-state index contributed by atoms with van der Waals surface area (Å²) in [4.78, 5) is 0. The number of rotatable bonds is 7. The fourth-order valence-electron chi connectivity index (χ4n) is 2.07. The SMILES string of the molecule is CCCNC(c1ccoc1)C(CC)CC. The van der Waals surface area contributed by atoms with E-state index in [1.165, 1.54) is 24.8 Å². The van der Waals surface area contributed by atoms with Gasteiger partial charge in [-0.3, -0.25) is 0 Å². The van der Waals surface area contributed by atoms with E-state index in [9.17, 15) is 0 Å². The first kappa shape index (κ1) is 12.3. The molecule has 0 aliphatic carbocycles. The summed E-state index contributed by atoms with van der Waals surface area (Å²) in [6, 6.07) is 2.53. The van der Waals surface area contributed by atoms with Crippen LogP contribution < -0.4 is 5.32 Å². The van der Waals surface area contributed by atoms with Crippen LogP contribution in [0.5, 0.6) is 0 Å². The van der Waals surface area contributed by atoms with Crippen molar-refractivity contribution in [2.24, 2.45) is 5.92 Å². The van der Waals surface area contributed by atoms with Gasteiger partial charge in [0.05, 0.1) is 12.5 Å². The van der Waals surface area contributed by atoms with E-state index in [1.54, 1.807) is 6.26 Å². The van der Waals surface area contributed by atoms with Gasteiger partial charge in [0.15, 0.2) is 0 Å². The number of furan rings is 1. The maximum absolute atomic E-state index is 5.17. The summed E-state index contributed by atoms with van der Waals surface area (Å²) < 4.78 is 5.17. The first-order valence-corrected chi connectivity index (χ1v) is 6.08. The molecule has 15 heavy (non-hydrogen) atoms. The molecule has 0 saturated carbocycles. The molecule has 1 rings (SSSR count). The Hall–Kier alpha value is -0.760. The smallest absolute Gasteiger partial charge is 0.0950 e. The maximum atomic E-state index is 5.17. The molecule has 0 aromatic carbocycles. The Kier molecular flexibility index (Phi) is 5.48. The fraction of sp³-hybridized carbons (Fsp3) is 0.692. The maximum Gasteiger partial charge on any atom is 0.0950 e. The van der Waals surface area contributed by atoms with Crippen LogP contribution in [0.4, 0.5) is 0 Å². The second-order valence-corrected chi connectivity index (χ2v) is 4.07. The largest absolute Gasteiger partial charge is 0.472 e. The summed E-state index contributed by atoms with van der Waals surface area (Å²) in [6.07, 6.45) is 7.23. The molecule has 2 nitrogen and oxygen atoms in total. The van der Waals surface area contributed by atoms with Crippen molar-refractivity contribution in [1.82, 2.24) is 5.32 Å². The lowest BCUT2D eigenvalue weighted by molar-refractivity contribution is 0.339. The van der Waals surface area contributed by atoms with Gasteiger partial charge in [0.25, 0.3) is 0 Å². The molecule has 1 N–H and O–H groups in total. The summed E-state index contributed by atoms with van der Waals surface area (Å²) in [5, 5.41) is 3.61. The van der Waals surface area contributed by atoms with Crippen LogP contribution in [0, 0.1) is 5.92 Å². The minimum absolute atomic E-state index is 0.457. The highest BCUT2D eigenvalue weighted by molar-refractivity contribution is 5.12. The minimum Gasteiger partial charge on any atom is -0.472 e. The summed E-state index contributed by atoms with van der Waals surface area (Å²) >= 11 is 0. The van der Waals surface area contributed by atoms with Gasteiger partial charge in [-0.25, -0.2) is 0 Å². The van der Waals surface area contributed by atoms with E-state index in [0.717, 1.165) is 6.54 Å². The molecule has 1 unspecified atom stereocenters. The topological polar surface area (TPSA) is 25.2 Å². The third-order valence-electron chi connectivity index (χ3n) is 3.04. The van der Waals surface area contributed by atoms with Gasteiger partial charge in [-0.2, -0.15) is 0 Å². The normalized spacial score (nSPS) is 13.3. The predicted molar refractivity (Wildman–Crippen MR) is 63.8 cm³/mol. The standard InChI is InChI=1S/C13H23NO/c1-4-8-14-13(11(5-2)6-3)12-7-9-15-10-12/h7,9-11,13-14H,4-6,8H2,1-3H3. The summed E-state index contributed by atoms with van der Waals surface area (Å²) in [7, 11) is 0. The number of hydrogen-bond acceptors (Lipinski definition) is 2. The van der Waals surface area contributed by atoms with Crippen LogP contribution in [0.25, 0.3) is 0 Å². The van der Waals surface area contributed by atoms with Crippen molar-refractivity contribution in [3.8, 4) is 0 Å². The van der Waals surface area contributed by atoms with Crippen LogP contribution in [0.2, 0.25) is 0 Å². The van der Waals surface area contributed by atoms with Crippen LogP contribution in [-0.2, 0) is 0 Å². The Labute approximate surface area is 93.1 Å². The van der Waals surface area contributed by atoms with E-state index in [2.05, 4.69) is 32.2 Å². The zero-order chi connectivity index (χ0) is 11.1. The van der Waals surface area contributed by atoms with Crippen molar-refractivity contribution in [3.05, 3.63) is 24.2 Å². The van der Waals surface area contributed by atoms with E-state index in [0.29, 0.717) is 12.0 Å². The molecule has 0 aliphatic heterocycles. The highest BCUT2D eigenvalue weighted by Crippen LogP contribution is 2.27. The zero-order valence-electron chi connectivity index (χ0n) is 10.1. The molecule has 1 aromatic heterocycles. The number of nitrogens with one attached hydrogen (secondary N) is 1. The first-order valence-electron chi connectivity index (χ1n) is 6.08. The lowest BCUT2D eigenvalue weighted by Crippen LogP contribution is -2.28. The molecule has 1 heterocycles. The highest BCUT2D eigenvalue weighted by Gasteiger charge is 2.20. The number of hydrogen-bond donors (Lipinski definition) is 1. The van der Waals surface area contributed by atoms with Gasteiger partial charge < -0.3 is 9.73 Å². The van der Waals surface area contributed by atoms with Crippen LogP contribution in [0.1, 0.15) is 51.6 Å². The minimum atomic E-state index is 0.457. The average molecular weight is 209 g/mol. The summed E-state index contributed by atoms with van der Waals surface area (Å²) in [5.74, 6) is 0.703. The zero-order valence-corrected chi connectivity index (χ0v) is 10.1. The average Bonchev–Trinajstić information content (AvgIpc) is 2.77. The predicted octanol–water partition coefficient (Wildman–Crippen LogP) is 3.76. The molecule has 1 atom stereocenters. The van der Waals surface area contributed by atoms with Crippen LogP contribution in [0.15, 0.2) is 23.0 Å². The quantitative estimate of drug-likeness (QED) is 0.739. The van der Waals surface area contributed by atoms with Gasteiger partial charge in [-0.05, 0) is 24.9 Å². The lowest BCUT2D eigenvalue weighted by atomic mass is 9.90. The molecule has 0 radical (unpaired) electrons. The van der Waals surface area contributed by atoms with Gasteiger partial charge in [0, 0.05) is 11.6 Å². The summed E-state index contributed by atoms with van der Waals surface area (Å²) in [5.41, 5.74) is 1.29. The Morgan fingerprint density at radius 1 is 1.27 bits per heavy atom. The Morgan fingerprint density at radius 3 is 2.47 bits per heavy atom.